The van der Waals surface area contributed by atoms with Crippen molar-refractivity contribution in [3.63, 3.8) is 0 Å². The van der Waals surface area contributed by atoms with E-state index in [-0.39, 0.29) is 5.71 Å². The predicted octanol–water partition coefficient (Wildman–Crippen LogP) is 3.21. The fourth-order valence-corrected chi connectivity index (χ4v) is 3.99. The lowest BCUT2D eigenvalue weighted by atomic mass is 9.98. The van der Waals surface area contributed by atoms with E-state index in [1.54, 1.807) is 49.4 Å². The molecule has 0 unspecified atom stereocenters. The summed E-state index contributed by atoms with van der Waals surface area (Å²) in [5, 5.41) is 6.31. The minimum Gasteiger partial charge on any atom is -0.464 e. The van der Waals surface area contributed by atoms with Crippen LogP contribution in [0.4, 0.5) is 11.4 Å². The summed E-state index contributed by atoms with van der Waals surface area (Å²) in [6.45, 7) is 1.72. The number of para-hydroxylation sites is 1. The van der Waals surface area contributed by atoms with E-state index >= 15 is 0 Å². The number of nitrogens with zero attached hydrogens (tertiary/aromatic N) is 3. The molecule has 0 saturated carbocycles. The van der Waals surface area contributed by atoms with E-state index < -0.39 is 29.7 Å². The van der Waals surface area contributed by atoms with Gasteiger partial charge in [-0.3, -0.25) is 9.59 Å². The molecule has 9 heteroatoms. The zero-order chi connectivity index (χ0) is 20.9. The Kier molecular flexibility index (Phi) is 4.80. The number of esters is 1. The molecule has 4 rings (SSSR count). The van der Waals surface area contributed by atoms with Crippen molar-refractivity contribution in [2.45, 2.75) is 13.0 Å². The smallest absolute Gasteiger partial charge is 0.355 e. The second kappa shape index (κ2) is 7.17. The second-order valence-corrected chi connectivity index (χ2v) is 7.41. The van der Waals surface area contributed by atoms with E-state index in [4.69, 9.17) is 27.9 Å². The van der Waals surface area contributed by atoms with Crippen molar-refractivity contribution in [2.24, 2.45) is 11.0 Å². The molecular formula is C20H15Cl2N3O4. The summed E-state index contributed by atoms with van der Waals surface area (Å²) in [5.74, 6) is -2.97. The quantitative estimate of drug-likeness (QED) is 0.550. The van der Waals surface area contributed by atoms with E-state index in [0.29, 0.717) is 27.0 Å². The maximum absolute atomic E-state index is 13.4. The van der Waals surface area contributed by atoms with Crippen molar-refractivity contribution in [2.75, 3.05) is 17.0 Å². The monoisotopic (exact) mass is 431 g/mol. The predicted molar refractivity (Wildman–Crippen MR) is 109 cm³/mol. The number of methoxy groups -OCH3 is 1. The highest BCUT2D eigenvalue weighted by atomic mass is 35.5. The Morgan fingerprint density at radius 3 is 2.34 bits per heavy atom. The highest BCUT2D eigenvalue weighted by Gasteiger charge is 2.59. The van der Waals surface area contributed by atoms with Crippen LogP contribution in [0.15, 0.2) is 47.6 Å². The Bertz CT molecular complexity index is 1090. The minimum absolute atomic E-state index is 0.141. The van der Waals surface area contributed by atoms with Crippen molar-refractivity contribution in [3.05, 3.63) is 58.1 Å². The SMILES string of the molecule is COC(=O)C1=NN(c2ccccc2Cl)[C@H]2C(=O)N(c3cccc(Cl)c3C)C(=O)[C@@H]12. The van der Waals surface area contributed by atoms with Gasteiger partial charge in [-0.1, -0.05) is 41.4 Å². The summed E-state index contributed by atoms with van der Waals surface area (Å²) in [6.07, 6.45) is 0. The van der Waals surface area contributed by atoms with Crippen molar-refractivity contribution in [1.82, 2.24) is 0 Å². The molecule has 2 aromatic rings. The van der Waals surface area contributed by atoms with Gasteiger partial charge in [-0.25, -0.2) is 14.7 Å². The third kappa shape index (κ3) is 2.89. The first-order valence-corrected chi connectivity index (χ1v) is 9.46. The fourth-order valence-electron chi connectivity index (χ4n) is 3.60. The molecule has 2 amide bonds. The van der Waals surface area contributed by atoms with Gasteiger partial charge in [0.2, 0.25) is 5.91 Å². The number of benzene rings is 2. The molecule has 2 atom stereocenters. The van der Waals surface area contributed by atoms with E-state index in [0.717, 1.165) is 4.90 Å². The molecule has 0 bridgehead atoms. The van der Waals surface area contributed by atoms with Gasteiger partial charge >= 0.3 is 5.97 Å². The molecule has 2 heterocycles. The average Bonchev–Trinajstić information content (AvgIpc) is 3.21. The summed E-state index contributed by atoms with van der Waals surface area (Å²) >= 11 is 12.5. The van der Waals surface area contributed by atoms with E-state index in [1.807, 2.05) is 0 Å². The lowest BCUT2D eigenvalue weighted by Gasteiger charge is -2.23. The molecule has 2 aliphatic heterocycles. The molecule has 148 valence electrons. The topological polar surface area (TPSA) is 79.3 Å². The number of imide groups is 1. The number of carbonyl (C=O) groups is 3. The van der Waals surface area contributed by atoms with E-state index in [2.05, 4.69) is 5.10 Å². The Morgan fingerprint density at radius 2 is 1.66 bits per heavy atom. The second-order valence-electron chi connectivity index (χ2n) is 6.59. The van der Waals surface area contributed by atoms with Gasteiger partial charge < -0.3 is 4.74 Å². The van der Waals surface area contributed by atoms with Gasteiger partial charge in [0.1, 0.15) is 12.0 Å². The fraction of sp³-hybridized carbons (Fsp3) is 0.200. The first-order valence-electron chi connectivity index (χ1n) is 8.70. The average molecular weight is 432 g/mol. The number of hydrogen-bond donors (Lipinski definition) is 0. The van der Waals surface area contributed by atoms with Crippen molar-refractivity contribution < 1.29 is 19.1 Å². The van der Waals surface area contributed by atoms with Crippen molar-refractivity contribution in [3.8, 4) is 0 Å². The maximum atomic E-state index is 13.4. The molecule has 0 spiro atoms. The zero-order valence-electron chi connectivity index (χ0n) is 15.4. The van der Waals surface area contributed by atoms with Gasteiger partial charge in [0, 0.05) is 5.02 Å². The van der Waals surface area contributed by atoms with Crippen LogP contribution >= 0.6 is 23.2 Å². The molecule has 0 aromatic heterocycles. The third-order valence-electron chi connectivity index (χ3n) is 5.02. The zero-order valence-corrected chi connectivity index (χ0v) is 16.9. The van der Waals surface area contributed by atoms with Gasteiger partial charge in [-0.2, -0.15) is 5.10 Å². The third-order valence-corrected chi connectivity index (χ3v) is 5.75. The van der Waals surface area contributed by atoms with Gasteiger partial charge in [-0.05, 0) is 36.8 Å². The number of ether oxygens (including phenoxy) is 1. The van der Waals surface area contributed by atoms with Crippen LogP contribution in [0.1, 0.15) is 5.56 Å². The number of hydrazone groups is 1. The number of rotatable bonds is 3. The number of anilines is 2. The van der Waals surface area contributed by atoms with Gasteiger partial charge in [0.25, 0.3) is 5.91 Å². The molecule has 0 aliphatic carbocycles. The van der Waals surface area contributed by atoms with Crippen LogP contribution < -0.4 is 9.91 Å². The molecule has 1 saturated heterocycles. The first-order chi connectivity index (χ1) is 13.9. The van der Waals surface area contributed by atoms with Gasteiger partial charge in [0.15, 0.2) is 5.71 Å². The standard InChI is InChI=1S/C20H15Cl2N3O4/c1-10-11(21)7-5-9-13(10)24-18(26)15-16(20(28)29-2)23-25(17(15)19(24)27)14-8-4-3-6-12(14)22/h3-9,15,17H,1-2H3/t15-,17+/m0/s1. The molecule has 1 fully saturated rings. The van der Waals surface area contributed by atoms with Gasteiger partial charge in [-0.15, -0.1) is 0 Å². The molecule has 2 aromatic carbocycles. The van der Waals surface area contributed by atoms with Crippen LogP contribution in [0.25, 0.3) is 0 Å². The highest BCUT2D eigenvalue weighted by molar-refractivity contribution is 6.47. The molecule has 0 N–H and O–H groups in total. The van der Waals surface area contributed by atoms with Crippen molar-refractivity contribution >= 4 is 58.1 Å². The van der Waals surface area contributed by atoms with Crippen LogP contribution in [-0.4, -0.2) is 36.6 Å². The molecule has 2 aliphatic rings. The number of amides is 2. The van der Waals surface area contributed by atoms with Crippen LogP contribution in [0.3, 0.4) is 0 Å². The normalized spacial score (nSPS) is 20.8. The van der Waals surface area contributed by atoms with Gasteiger partial charge in [0.05, 0.1) is 23.5 Å². The molecule has 29 heavy (non-hydrogen) atoms. The lowest BCUT2D eigenvalue weighted by molar-refractivity contribution is -0.133. The summed E-state index contributed by atoms with van der Waals surface area (Å²) in [5.41, 5.74) is 1.22. The van der Waals surface area contributed by atoms with Crippen LogP contribution in [-0.2, 0) is 19.1 Å². The maximum Gasteiger partial charge on any atom is 0.355 e. The van der Waals surface area contributed by atoms with Crippen LogP contribution in [0.2, 0.25) is 10.0 Å². The molecular weight excluding hydrogens is 417 g/mol. The minimum atomic E-state index is -1.11. The summed E-state index contributed by atoms with van der Waals surface area (Å²) in [7, 11) is 1.19. The van der Waals surface area contributed by atoms with E-state index in [1.165, 1.54) is 12.1 Å². The molecule has 7 nitrogen and oxygen atoms in total. The molecule has 0 radical (unpaired) electrons. The van der Waals surface area contributed by atoms with Crippen LogP contribution in [0.5, 0.6) is 0 Å². The largest absolute Gasteiger partial charge is 0.464 e. The number of carbonyl (C=O) groups excluding carboxylic acids is 3. The summed E-state index contributed by atoms with van der Waals surface area (Å²) in [6, 6.07) is 10.7. The highest BCUT2D eigenvalue weighted by Crippen LogP contribution is 2.41. The Morgan fingerprint density at radius 1 is 1.00 bits per heavy atom. The Balaban J connectivity index is 1.86. The summed E-state index contributed by atoms with van der Waals surface area (Å²) in [4.78, 5) is 40.0. The lowest BCUT2D eigenvalue weighted by Crippen LogP contribution is -2.39. The number of halogens is 2. The van der Waals surface area contributed by atoms with Crippen LogP contribution in [0, 0.1) is 12.8 Å². The Labute approximate surface area is 176 Å². The van der Waals surface area contributed by atoms with Crippen molar-refractivity contribution in [1.29, 1.82) is 0 Å². The van der Waals surface area contributed by atoms with E-state index in [9.17, 15) is 14.4 Å². The summed E-state index contributed by atoms with van der Waals surface area (Å²) < 4.78 is 4.79. The number of fused-ring (bicyclic) bond motifs is 1. The Hall–Kier alpha value is -2.90. The number of hydrogen-bond acceptors (Lipinski definition) is 6. The first kappa shape index (κ1) is 19.4.